The minimum atomic E-state index is -0.373. The summed E-state index contributed by atoms with van der Waals surface area (Å²) in [6.45, 7) is 8.16. The SMILES string of the molecule is CCOC(=O)C1=C(CC)N(c2ccccc2)C(CC)=C(C(=O)OCC)C1. The van der Waals surface area contributed by atoms with Gasteiger partial charge in [0.2, 0.25) is 0 Å². The molecule has 0 aromatic heterocycles. The molecule has 0 saturated heterocycles. The van der Waals surface area contributed by atoms with Crippen molar-refractivity contribution < 1.29 is 19.1 Å². The van der Waals surface area contributed by atoms with Crippen LogP contribution in [0.3, 0.4) is 0 Å². The van der Waals surface area contributed by atoms with Gasteiger partial charge in [-0.2, -0.15) is 0 Å². The number of rotatable bonds is 7. The highest BCUT2D eigenvalue weighted by molar-refractivity contribution is 5.98. The van der Waals surface area contributed by atoms with Gasteiger partial charge < -0.3 is 14.4 Å². The lowest BCUT2D eigenvalue weighted by molar-refractivity contribution is -0.139. The quantitative estimate of drug-likeness (QED) is 0.679. The highest BCUT2D eigenvalue weighted by Gasteiger charge is 2.33. The van der Waals surface area contributed by atoms with Crippen LogP contribution in [0.2, 0.25) is 0 Å². The smallest absolute Gasteiger partial charge is 0.336 e. The van der Waals surface area contributed by atoms with Gasteiger partial charge in [0.05, 0.1) is 24.4 Å². The van der Waals surface area contributed by atoms with Crippen LogP contribution in [0.15, 0.2) is 52.9 Å². The van der Waals surface area contributed by atoms with E-state index in [1.54, 1.807) is 13.8 Å². The van der Waals surface area contributed by atoms with Crippen LogP contribution in [0.5, 0.6) is 0 Å². The van der Waals surface area contributed by atoms with E-state index in [1.165, 1.54) is 0 Å². The summed E-state index contributed by atoms with van der Waals surface area (Å²) in [5, 5.41) is 0. The molecule has 0 atom stereocenters. The maximum Gasteiger partial charge on any atom is 0.336 e. The molecule has 26 heavy (non-hydrogen) atoms. The Hall–Kier alpha value is -2.56. The molecule has 0 bridgehead atoms. The van der Waals surface area contributed by atoms with Crippen molar-refractivity contribution >= 4 is 17.6 Å². The van der Waals surface area contributed by atoms with E-state index < -0.39 is 0 Å². The zero-order valence-corrected chi connectivity index (χ0v) is 16.0. The summed E-state index contributed by atoms with van der Waals surface area (Å²) >= 11 is 0. The van der Waals surface area contributed by atoms with Crippen molar-refractivity contribution in [2.75, 3.05) is 18.1 Å². The van der Waals surface area contributed by atoms with E-state index in [2.05, 4.69) is 0 Å². The maximum atomic E-state index is 12.6. The van der Waals surface area contributed by atoms with E-state index in [4.69, 9.17) is 9.47 Å². The third-order valence-corrected chi connectivity index (χ3v) is 4.32. The summed E-state index contributed by atoms with van der Waals surface area (Å²) in [6.07, 6.45) is 1.55. The molecule has 2 rings (SSSR count). The second-order valence-corrected chi connectivity index (χ2v) is 5.85. The second kappa shape index (κ2) is 9.22. The number of anilines is 1. The fourth-order valence-corrected chi connectivity index (χ4v) is 3.26. The summed E-state index contributed by atoms with van der Waals surface area (Å²) in [6, 6.07) is 9.78. The van der Waals surface area contributed by atoms with Crippen molar-refractivity contribution in [3.8, 4) is 0 Å². The molecule has 0 unspecified atom stereocenters. The predicted octanol–water partition coefficient (Wildman–Crippen LogP) is 4.35. The van der Waals surface area contributed by atoms with Gasteiger partial charge in [-0.25, -0.2) is 9.59 Å². The molecule has 5 heteroatoms. The van der Waals surface area contributed by atoms with Gasteiger partial charge in [0, 0.05) is 23.5 Å². The van der Waals surface area contributed by atoms with Gasteiger partial charge in [-0.05, 0) is 38.8 Å². The van der Waals surface area contributed by atoms with E-state index >= 15 is 0 Å². The van der Waals surface area contributed by atoms with Crippen LogP contribution in [0.4, 0.5) is 5.69 Å². The summed E-state index contributed by atoms with van der Waals surface area (Å²) in [7, 11) is 0. The van der Waals surface area contributed by atoms with Crippen molar-refractivity contribution in [1.29, 1.82) is 0 Å². The Balaban J connectivity index is 2.65. The average Bonchev–Trinajstić information content (AvgIpc) is 2.67. The first-order valence-electron chi connectivity index (χ1n) is 9.22. The van der Waals surface area contributed by atoms with Crippen molar-refractivity contribution in [1.82, 2.24) is 0 Å². The van der Waals surface area contributed by atoms with Gasteiger partial charge in [-0.3, -0.25) is 0 Å². The fraction of sp³-hybridized carbons (Fsp3) is 0.429. The van der Waals surface area contributed by atoms with Crippen LogP contribution < -0.4 is 4.90 Å². The summed E-state index contributed by atoms with van der Waals surface area (Å²) in [4.78, 5) is 27.2. The fourth-order valence-electron chi connectivity index (χ4n) is 3.26. The van der Waals surface area contributed by atoms with Crippen LogP contribution in [0.1, 0.15) is 47.0 Å². The number of carbonyl (C=O) groups excluding carboxylic acids is 2. The van der Waals surface area contributed by atoms with Crippen molar-refractivity contribution in [2.45, 2.75) is 47.0 Å². The molecule has 1 aliphatic heterocycles. The van der Waals surface area contributed by atoms with Crippen LogP contribution in [0, 0.1) is 0 Å². The Labute approximate surface area is 155 Å². The lowest BCUT2D eigenvalue weighted by Crippen LogP contribution is -2.32. The lowest BCUT2D eigenvalue weighted by Gasteiger charge is -2.36. The number of carbonyl (C=O) groups is 2. The number of benzene rings is 1. The number of hydrogen-bond acceptors (Lipinski definition) is 5. The molecule has 1 aromatic rings. The Morgan fingerprint density at radius 3 is 1.69 bits per heavy atom. The number of esters is 2. The van der Waals surface area contributed by atoms with Crippen molar-refractivity contribution in [3.63, 3.8) is 0 Å². The lowest BCUT2D eigenvalue weighted by atomic mass is 9.92. The van der Waals surface area contributed by atoms with Crippen LogP contribution in [-0.2, 0) is 19.1 Å². The molecule has 0 spiro atoms. The molecule has 0 aliphatic carbocycles. The standard InChI is InChI=1S/C21H27NO4/c1-5-18-16(20(23)25-7-3)14-17(21(24)26-8-4)19(6-2)22(18)15-12-10-9-11-13-15/h9-13H,5-8,14H2,1-4H3. The van der Waals surface area contributed by atoms with E-state index in [0.29, 0.717) is 37.2 Å². The Bertz CT molecular complexity index is 677. The normalized spacial score (nSPS) is 14.5. The Morgan fingerprint density at radius 1 is 0.846 bits per heavy atom. The number of nitrogens with zero attached hydrogens (tertiary/aromatic N) is 1. The third kappa shape index (κ3) is 3.98. The van der Waals surface area contributed by atoms with Gasteiger partial charge in [-0.15, -0.1) is 0 Å². The largest absolute Gasteiger partial charge is 0.463 e. The first-order chi connectivity index (χ1) is 12.6. The van der Waals surface area contributed by atoms with Crippen molar-refractivity contribution in [3.05, 3.63) is 52.9 Å². The van der Waals surface area contributed by atoms with E-state index in [1.807, 2.05) is 49.1 Å². The summed E-state index contributed by atoms with van der Waals surface area (Å²) < 4.78 is 10.5. The number of ether oxygens (including phenoxy) is 2. The second-order valence-electron chi connectivity index (χ2n) is 5.85. The molecule has 1 heterocycles. The number of allylic oxidation sites excluding steroid dienone is 2. The molecule has 1 aromatic carbocycles. The molecule has 5 nitrogen and oxygen atoms in total. The first-order valence-corrected chi connectivity index (χ1v) is 9.22. The molecule has 0 radical (unpaired) electrons. The highest BCUT2D eigenvalue weighted by Crippen LogP contribution is 2.38. The topological polar surface area (TPSA) is 55.8 Å². The van der Waals surface area contributed by atoms with E-state index in [0.717, 1.165) is 17.1 Å². The first kappa shape index (κ1) is 19.8. The monoisotopic (exact) mass is 357 g/mol. The van der Waals surface area contributed by atoms with Gasteiger partial charge in [-0.1, -0.05) is 32.0 Å². The maximum absolute atomic E-state index is 12.6. The molecule has 0 N–H and O–H groups in total. The van der Waals surface area contributed by atoms with Crippen molar-refractivity contribution in [2.24, 2.45) is 0 Å². The minimum absolute atomic E-state index is 0.243. The molecule has 0 saturated carbocycles. The van der Waals surface area contributed by atoms with Crippen LogP contribution in [-0.4, -0.2) is 25.2 Å². The predicted molar refractivity (Wildman–Crippen MR) is 101 cm³/mol. The molecule has 1 aliphatic rings. The molecule has 0 fully saturated rings. The highest BCUT2D eigenvalue weighted by atomic mass is 16.5. The zero-order valence-electron chi connectivity index (χ0n) is 16.0. The number of hydrogen-bond donors (Lipinski definition) is 0. The Morgan fingerprint density at radius 2 is 1.31 bits per heavy atom. The minimum Gasteiger partial charge on any atom is -0.463 e. The Kier molecular flexibility index (Phi) is 7.01. The van der Waals surface area contributed by atoms with Gasteiger partial charge in [0.25, 0.3) is 0 Å². The van der Waals surface area contributed by atoms with Crippen LogP contribution >= 0.6 is 0 Å². The molecule has 0 amide bonds. The summed E-state index contributed by atoms with van der Waals surface area (Å²) in [5.41, 5.74) is 3.72. The van der Waals surface area contributed by atoms with Gasteiger partial charge in [0.15, 0.2) is 0 Å². The van der Waals surface area contributed by atoms with Crippen LogP contribution in [0.25, 0.3) is 0 Å². The zero-order chi connectivity index (χ0) is 19.1. The number of para-hydroxylation sites is 1. The summed E-state index contributed by atoms with van der Waals surface area (Å²) in [5.74, 6) is -0.746. The molecular formula is C21H27NO4. The third-order valence-electron chi connectivity index (χ3n) is 4.32. The van der Waals surface area contributed by atoms with Gasteiger partial charge in [0.1, 0.15) is 0 Å². The molecular weight excluding hydrogens is 330 g/mol. The van der Waals surface area contributed by atoms with Gasteiger partial charge >= 0.3 is 11.9 Å². The van der Waals surface area contributed by atoms with E-state index in [-0.39, 0.29) is 18.4 Å². The average molecular weight is 357 g/mol. The van der Waals surface area contributed by atoms with E-state index in [9.17, 15) is 9.59 Å². The molecule has 140 valence electrons.